The van der Waals surface area contributed by atoms with Crippen molar-refractivity contribution >= 4 is 39.6 Å². The predicted molar refractivity (Wildman–Crippen MR) is 89.5 cm³/mol. The third kappa shape index (κ3) is 2.81. The summed E-state index contributed by atoms with van der Waals surface area (Å²) in [6, 6.07) is 13.0. The van der Waals surface area contributed by atoms with Crippen LogP contribution in [0, 0.1) is 0 Å². The maximum absolute atomic E-state index is 11.9. The smallest absolute Gasteiger partial charge is 0.354 e. The lowest BCUT2D eigenvalue weighted by molar-refractivity contribution is -0.138. The Balaban J connectivity index is 2.12. The van der Waals surface area contributed by atoms with Crippen molar-refractivity contribution in [2.75, 3.05) is 19.5 Å². The van der Waals surface area contributed by atoms with Crippen molar-refractivity contribution in [1.82, 2.24) is 0 Å². The molecule has 0 bridgehead atoms. The van der Waals surface area contributed by atoms with Gasteiger partial charge in [0.1, 0.15) is 16.9 Å². The Kier molecular flexibility index (Phi) is 4.20. The summed E-state index contributed by atoms with van der Waals surface area (Å²) in [6.07, 6.45) is 1.05. The minimum Gasteiger partial charge on any atom is -0.466 e. The lowest BCUT2D eigenvalue weighted by atomic mass is 10.1. The molecule has 2 aromatic carbocycles. The van der Waals surface area contributed by atoms with E-state index in [1.807, 2.05) is 30.3 Å². The number of hydrogen-bond donors (Lipinski definition) is 1. The van der Waals surface area contributed by atoms with Gasteiger partial charge < -0.3 is 19.2 Å². The summed E-state index contributed by atoms with van der Waals surface area (Å²) < 4.78 is 15.1. The molecule has 1 N–H and O–H groups in total. The number of anilines is 1. The minimum atomic E-state index is -0.676. The van der Waals surface area contributed by atoms with E-state index in [-0.39, 0.29) is 5.70 Å². The summed E-state index contributed by atoms with van der Waals surface area (Å²) in [7, 11) is 2.47. The van der Waals surface area contributed by atoms with Gasteiger partial charge in [0, 0.05) is 5.39 Å². The fourth-order valence-corrected chi connectivity index (χ4v) is 2.46. The molecule has 6 nitrogen and oxygen atoms in total. The van der Waals surface area contributed by atoms with Gasteiger partial charge in [0.2, 0.25) is 0 Å². The van der Waals surface area contributed by atoms with Gasteiger partial charge in [-0.05, 0) is 18.2 Å². The Hall–Kier alpha value is -3.28. The lowest BCUT2D eigenvalue weighted by Crippen LogP contribution is -2.15. The minimum absolute atomic E-state index is 0.0258. The molecule has 3 rings (SSSR count). The second-order valence-electron chi connectivity index (χ2n) is 4.97. The van der Waals surface area contributed by atoms with Gasteiger partial charge >= 0.3 is 11.9 Å². The molecule has 3 aromatic rings. The highest BCUT2D eigenvalue weighted by atomic mass is 16.5. The molecule has 1 aromatic heterocycles. The van der Waals surface area contributed by atoms with Crippen LogP contribution in [-0.4, -0.2) is 26.2 Å². The van der Waals surface area contributed by atoms with Crippen LogP contribution >= 0.6 is 0 Å². The number of nitrogens with one attached hydrogen (secondary N) is 1. The third-order valence-electron chi connectivity index (χ3n) is 3.54. The van der Waals surface area contributed by atoms with Gasteiger partial charge in [-0.25, -0.2) is 9.59 Å². The van der Waals surface area contributed by atoms with E-state index in [0.29, 0.717) is 11.3 Å². The highest BCUT2D eigenvalue weighted by molar-refractivity contribution is 6.12. The van der Waals surface area contributed by atoms with Gasteiger partial charge in [-0.3, -0.25) is 0 Å². The number of methoxy groups -OCH3 is 2. The molecule has 0 aliphatic heterocycles. The van der Waals surface area contributed by atoms with Crippen LogP contribution < -0.4 is 5.32 Å². The van der Waals surface area contributed by atoms with E-state index < -0.39 is 11.9 Å². The molecule has 0 aliphatic carbocycles. The van der Waals surface area contributed by atoms with E-state index in [9.17, 15) is 9.59 Å². The topological polar surface area (TPSA) is 77.8 Å². The Bertz CT molecular complexity index is 954. The Morgan fingerprint density at radius 2 is 1.75 bits per heavy atom. The maximum atomic E-state index is 11.9. The van der Waals surface area contributed by atoms with Crippen LogP contribution in [0.15, 0.2) is 58.7 Å². The van der Waals surface area contributed by atoms with E-state index in [4.69, 9.17) is 9.15 Å². The average Bonchev–Trinajstić information content (AvgIpc) is 2.99. The largest absolute Gasteiger partial charge is 0.466 e. The summed E-state index contributed by atoms with van der Waals surface area (Å²) in [5, 5.41) is 4.66. The summed E-state index contributed by atoms with van der Waals surface area (Å²) in [5.74, 6) is -1.34. The quantitative estimate of drug-likeness (QED) is 0.586. The number of carbonyl (C=O) groups excluding carboxylic acids is 2. The number of para-hydroxylation sites is 1. The van der Waals surface area contributed by atoms with Crippen molar-refractivity contribution in [3.8, 4) is 0 Å². The Labute approximate surface area is 137 Å². The van der Waals surface area contributed by atoms with Gasteiger partial charge in [0.25, 0.3) is 0 Å². The van der Waals surface area contributed by atoms with Crippen molar-refractivity contribution in [2.24, 2.45) is 0 Å². The summed E-state index contributed by atoms with van der Waals surface area (Å²) >= 11 is 0. The van der Waals surface area contributed by atoms with Crippen molar-refractivity contribution in [1.29, 1.82) is 0 Å². The number of rotatable bonds is 4. The van der Waals surface area contributed by atoms with E-state index in [1.54, 1.807) is 12.1 Å². The van der Waals surface area contributed by atoms with E-state index in [2.05, 4.69) is 10.1 Å². The van der Waals surface area contributed by atoms with Crippen molar-refractivity contribution < 1.29 is 23.5 Å². The maximum Gasteiger partial charge on any atom is 0.354 e. The van der Waals surface area contributed by atoms with Crippen LogP contribution in [0.1, 0.15) is 0 Å². The number of carbonyl (C=O) groups is 2. The lowest BCUT2D eigenvalue weighted by Gasteiger charge is -2.10. The standard InChI is InChI=1S/C18H15NO5/c1-22-16(20)10-13(18(21)23-2)19-12-7-5-9-15-17(12)11-6-3-4-8-14(11)24-15/h3-10,19H,1-2H3/b13-10+. The molecule has 122 valence electrons. The van der Waals surface area contributed by atoms with Crippen LogP contribution in [0.25, 0.3) is 21.9 Å². The number of hydrogen-bond acceptors (Lipinski definition) is 6. The van der Waals surface area contributed by atoms with Crippen molar-refractivity contribution in [2.45, 2.75) is 0 Å². The first-order chi connectivity index (χ1) is 11.6. The van der Waals surface area contributed by atoms with Crippen LogP contribution in [0.5, 0.6) is 0 Å². The first kappa shape index (κ1) is 15.6. The molecular weight excluding hydrogens is 310 g/mol. The molecule has 1 heterocycles. The fourth-order valence-electron chi connectivity index (χ4n) is 2.46. The molecule has 6 heteroatoms. The average molecular weight is 325 g/mol. The van der Waals surface area contributed by atoms with Gasteiger partial charge in [0.15, 0.2) is 0 Å². The first-order valence-corrected chi connectivity index (χ1v) is 7.19. The van der Waals surface area contributed by atoms with Crippen LogP contribution in [-0.2, 0) is 19.1 Å². The van der Waals surface area contributed by atoms with Gasteiger partial charge in [0.05, 0.1) is 31.4 Å². The highest BCUT2D eigenvalue weighted by Crippen LogP contribution is 2.34. The molecule has 0 saturated heterocycles. The summed E-state index contributed by atoms with van der Waals surface area (Å²) in [5.41, 5.74) is 2.00. The van der Waals surface area contributed by atoms with E-state index >= 15 is 0 Å². The van der Waals surface area contributed by atoms with Crippen LogP contribution in [0.4, 0.5) is 5.69 Å². The van der Waals surface area contributed by atoms with Crippen LogP contribution in [0.3, 0.4) is 0 Å². The van der Waals surface area contributed by atoms with Crippen LogP contribution in [0.2, 0.25) is 0 Å². The SMILES string of the molecule is COC(=O)/C=C(/Nc1cccc2oc3ccccc3c12)C(=O)OC. The highest BCUT2D eigenvalue weighted by Gasteiger charge is 2.16. The number of ether oxygens (including phenoxy) is 2. The zero-order valence-corrected chi connectivity index (χ0v) is 13.2. The molecule has 24 heavy (non-hydrogen) atoms. The fraction of sp³-hybridized carbons (Fsp3) is 0.111. The second kappa shape index (κ2) is 6.45. The predicted octanol–water partition coefficient (Wildman–Crippen LogP) is 3.23. The Morgan fingerprint density at radius 1 is 1.00 bits per heavy atom. The van der Waals surface area contributed by atoms with Crippen molar-refractivity contribution in [3.05, 3.63) is 54.2 Å². The number of benzene rings is 2. The third-order valence-corrected chi connectivity index (χ3v) is 3.54. The molecule has 0 unspecified atom stereocenters. The Morgan fingerprint density at radius 3 is 2.50 bits per heavy atom. The van der Waals surface area contributed by atoms with E-state index in [0.717, 1.165) is 22.4 Å². The van der Waals surface area contributed by atoms with Crippen molar-refractivity contribution in [3.63, 3.8) is 0 Å². The number of fused-ring (bicyclic) bond motifs is 3. The number of esters is 2. The second-order valence-corrected chi connectivity index (χ2v) is 4.97. The van der Waals surface area contributed by atoms with Gasteiger partial charge in [-0.1, -0.05) is 24.3 Å². The normalized spacial score (nSPS) is 11.5. The first-order valence-electron chi connectivity index (χ1n) is 7.19. The van der Waals surface area contributed by atoms with Gasteiger partial charge in [-0.2, -0.15) is 0 Å². The zero-order chi connectivity index (χ0) is 17.1. The molecular formula is C18H15NO5. The molecule has 0 saturated carbocycles. The molecule has 0 spiro atoms. The molecule has 0 fully saturated rings. The zero-order valence-electron chi connectivity index (χ0n) is 13.2. The molecule has 0 atom stereocenters. The monoisotopic (exact) mass is 325 g/mol. The summed E-state index contributed by atoms with van der Waals surface area (Å²) in [6.45, 7) is 0. The van der Waals surface area contributed by atoms with E-state index in [1.165, 1.54) is 14.2 Å². The molecule has 0 amide bonds. The molecule has 0 aliphatic rings. The summed E-state index contributed by atoms with van der Waals surface area (Å²) in [4.78, 5) is 23.4. The van der Waals surface area contributed by atoms with Gasteiger partial charge in [-0.15, -0.1) is 0 Å². The molecule has 0 radical (unpaired) electrons. The number of furan rings is 1.